The standard InChI is InChI=1S/C20H34N6O2S.C7H8.CH4O/c1-13(22-2)18(27)25-17(14-7-4-3-5-8-14)19(28)26-10-6-9-15(26)11-23-16-12-29-20(21)24-16;1-7-5-3-2-4-6-7;1-2/h12-15,17,22-23H,3-11H2,1-2H3,(H2,21,24)(H,25,27);2-6H,1H3;2H,1H3/t13-,15?,17?;;/m0../s1. The van der Waals surface area contributed by atoms with Crippen LogP contribution in [0, 0.1) is 12.8 Å². The van der Waals surface area contributed by atoms with Gasteiger partial charge in [-0.1, -0.05) is 55.2 Å². The molecule has 2 amide bonds. The number of hydrogen-bond acceptors (Lipinski definition) is 8. The molecule has 2 unspecified atom stereocenters. The number of carbonyl (C=O) groups excluding carboxylic acids is 2. The van der Waals surface area contributed by atoms with Crippen molar-refractivity contribution in [1.29, 1.82) is 0 Å². The van der Waals surface area contributed by atoms with E-state index in [1.54, 1.807) is 7.05 Å². The number of aliphatic hydroxyl groups is 1. The van der Waals surface area contributed by atoms with Crippen LogP contribution in [0.1, 0.15) is 57.4 Å². The number of anilines is 2. The lowest BCUT2D eigenvalue weighted by Gasteiger charge is -2.35. The summed E-state index contributed by atoms with van der Waals surface area (Å²) in [4.78, 5) is 32.3. The Balaban J connectivity index is 0.000000481. The smallest absolute Gasteiger partial charge is 0.245 e. The van der Waals surface area contributed by atoms with Gasteiger partial charge >= 0.3 is 0 Å². The molecule has 212 valence electrons. The minimum absolute atomic E-state index is 0.0654. The molecule has 3 atom stereocenters. The van der Waals surface area contributed by atoms with Crippen LogP contribution < -0.4 is 21.7 Å². The van der Waals surface area contributed by atoms with Gasteiger partial charge in [-0.05, 0) is 52.5 Å². The minimum Gasteiger partial charge on any atom is -0.400 e. The number of nitrogen functional groups attached to an aromatic ring is 1. The van der Waals surface area contributed by atoms with E-state index >= 15 is 0 Å². The Morgan fingerprint density at radius 2 is 1.82 bits per heavy atom. The van der Waals surface area contributed by atoms with E-state index in [-0.39, 0.29) is 29.8 Å². The topological polar surface area (TPSA) is 133 Å². The third-order valence-corrected chi connectivity index (χ3v) is 7.83. The van der Waals surface area contributed by atoms with Gasteiger partial charge in [0.1, 0.15) is 11.9 Å². The molecule has 1 saturated carbocycles. The van der Waals surface area contributed by atoms with Crippen LogP contribution in [0.25, 0.3) is 0 Å². The van der Waals surface area contributed by atoms with E-state index in [0.717, 1.165) is 58.0 Å². The number of hydrogen-bond donors (Lipinski definition) is 5. The fourth-order valence-corrected chi connectivity index (χ4v) is 5.42. The first-order valence-corrected chi connectivity index (χ1v) is 14.5. The van der Waals surface area contributed by atoms with Crippen molar-refractivity contribution >= 4 is 34.1 Å². The fourth-order valence-electron chi connectivity index (χ4n) is 4.90. The number of aromatic nitrogens is 1. The van der Waals surface area contributed by atoms with E-state index in [0.29, 0.717) is 11.7 Å². The molecular weight excluding hydrogens is 500 g/mol. The summed E-state index contributed by atoms with van der Waals surface area (Å²) in [6.45, 7) is 5.29. The molecule has 2 heterocycles. The van der Waals surface area contributed by atoms with Gasteiger partial charge < -0.3 is 31.7 Å². The summed E-state index contributed by atoms with van der Waals surface area (Å²) in [5.41, 5.74) is 7.02. The summed E-state index contributed by atoms with van der Waals surface area (Å²) >= 11 is 1.40. The Morgan fingerprint density at radius 3 is 2.37 bits per heavy atom. The Kier molecular flexibility index (Phi) is 14.1. The molecule has 0 spiro atoms. The summed E-state index contributed by atoms with van der Waals surface area (Å²) in [5, 5.41) is 18.8. The summed E-state index contributed by atoms with van der Waals surface area (Å²) < 4.78 is 0. The van der Waals surface area contributed by atoms with E-state index in [9.17, 15) is 9.59 Å². The van der Waals surface area contributed by atoms with E-state index in [1.807, 2.05) is 35.4 Å². The molecule has 6 N–H and O–H groups in total. The molecule has 2 fully saturated rings. The number of rotatable bonds is 8. The van der Waals surface area contributed by atoms with Crippen molar-refractivity contribution in [1.82, 2.24) is 20.5 Å². The normalized spacial score (nSPS) is 18.8. The predicted octanol–water partition coefficient (Wildman–Crippen LogP) is 3.40. The predicted molar refractivity (Wildman–Crippen MR) is 156 cm³/mol. The fraction of sp³-hybridized carbons (Fsp3) is 0.607. The van der Waals surface area contributed by atoms with Crippen molar-refractivity contribution in [2.45, 2.75) is 76.9 Å². The maximum absolute atomic E-state index is 13.5. The van der Waals surface area contributed by atoms with Crippen LogP contribution >= 0.6 is 11.3 Å². The lowest BCUT2D eigenvalue weighted by atomic mass is 9.83. The number of aliphatic hydroxyl groups excluding tert-OH is 1. The number of amides is 2. The molecule has 4 rings (SSSR count). The molecule has 10 heteroatoms. The molecule has 38 heavy (non-hydrogen) atoms. The molecule has 1 aromatic carbocycles. The molecule has 1 aliphatic heterocycles. The van der Waals surface area contributed by atoms with E-state index in [4.69, 9.17) is 10.8 Å². The quantitative estimate of drug-likeness (QED) is 0.343. The van der Waals surface area contributed by atoms with Crippen molar-refractivity contribution in [3.63, 3.8) is 0 Å². The molecule has 1 aliphatic carbocycles. The SMILES string of the molecule is CN[C@@H](C)C(=O)NC(C(=O)N1CCCC1CNc1csc(N)n1)C1CCCCC1.CO.Cc1ccccc1. The van der Waals surface area contributed by atoms with Crippen LogP contribution in [-0.2, 0) is 9.59 Å². The van der Waals surface area contributed by atoms with Crippen LogP contribution in [0.5, 0.6) is 0 Å². The molecular formula is C28H46N6O3S. The second-order valence-electron chi connectivity index (χ2n) is 9.83. The van der Waals surface area contributed by atoms with Gasteiger partial charge in [0.15, 0.2) is 5.13 Å². The van der Waals surface area contributed by atoms with Gasteiger partial charge in [-0.2, -0.15) is 0 Å². The van der Waals surface area contributed by atoms with E-state index in [1.165, 1.54) is 23.3 Å². The second-order valence-corrected chi connectivity index (χ2v) is 10.7. The average Bonchev–Trinajstić information content (AvgIpc) is 3.60. The summed E-state index contributed by atoms with van der Waals surface area (Å²) in [5.74, 6) is 0.933. The number of benzene rings is 1. The number of nitrogens with two attached hydrogens (primary N) is 1. The molecule has 0 radical (unpaired) electrons. The second kappa shape index (κ2) is 17.0. The molecule has 2 aliphatic rings. The van der Waals surface area contributed by atoms with Crippen LogP contribution in [-0.4, -0.2) is 72.2 Å². The molecule has 0 bridgehead atoms. The lowest BCUT2D eigenvalue weighted by Crippen LogP contribution is -2.57. The Bertz CT molecular complexity index is 951. The summed E-state index contributed by atoms with van der Waals surface area (Å²) in [6, 6.07) is 9.61. The Labute approximate surface area is 231 Å². The zero-order valence-electron chi connectivity index (χ0n) is 23.3. The van der Waals surface area contributed by atoms with Gasteiger partial charge in [0.2, 0.25) is 11.8 Å². The number of thiazole rings is 1. The molecule has 1 aromatic heterocycles. The number of likely N-dealkylation sites (tertiary alicyclic amines) is 1. The van der Waals surface area contributed by atoms with Gasteiger partial charge in [-0.15, -0.1) is 11.3 Å². The minimum atomic E-state index is -0.436. The van der Waals surface area contributed by atoms with Crippen LogP contribution in [0.2, 0.25) is 0 Å². The van der Waals surface area contributed by atoms with Crippen molar-refractivity contribution in [2.75, 3.05) is 38.3 Å². The van der Waals surface area contributed by atoms with E-state index < -0.39 is 6.04 Å². The number of carbonyl (C=O) groups is 2. The summed E-state index contributed by atoms with van der Waals surface area (Å²) in [7, 11) is 2.76. The average molecular weight is 547 g/mol. The third kappa shape index (κ3) is 9.89. The monoisotopic (exact) mass is 546 g/mol. The van der Waals surface area contributed by atoms with Crippen LogP contribution in [0.3, 0.4) is 0 Å². The number of nitrogens with zero attached hydrogens (tertiary/aromatic N) is 2. The highest BCUT2D eigenvalue weighted by atomic mass is 32.1. The van der Waals surface area contributed by atoms with Crippen molar-refractivity contribution in [3.05, 3.63) is 41.3 Å². The van der Waals surface area contributed by atoms with Crippen molar-refractivity contribution in [3.8, 4) is 0 Å². The van der Waals surface area contributed by atoms with Gasteiger partial charge in [-0.25, -0.2) is 4.98 Å². The number of nitrogens with one attached hydrogen (secondary N) is 3. The molecule has 1 saturated heterocycles. The van der Waals surface area contributed by atoms with Gasteiger partial charge in [0.05, 0.1) is 6.04 Å². The summed E-state index contributed by atoms with van der Waals surface area (Å²) in [6.07, 6.45) is 7.40. The maximum atomic E-state index is 13.5. The lowest BCUT2D eigenvalue weighted by molar-refractivity contribution is -0.139. The maximum Gasteiger partial charge on any atom is 0.245 e. The third-order valence-electron chi connectivity index (χ3n) is 7.15. The Hall–Kier alpha value is -2.69. The van der Waals surface area contributed by atoms with Gasteiger partial charge in [0.25, 0.3) is 0 Å². The Morgan fingerprint density at radius 1 is 1.13 bits per heavy atom. The number of likely N-dealkylation sites (N-methyl/N-ethyl adjacent to an activating group) is 1. The largest absolute Gasteiger partial charge is 0.400 e. The van der Waals surface area contributed by atoms with Crippen LogP contribution in [0.15, 0.2) is 35.7 Å². The first kappa shape index (κ1) is 31.5. The number of aryl methyl sites for hydroxylation is 1. The molecule has 9 nitrogen and oxygen atoms in total. The first-order chi connectivity index (χ1) is 18.4. The van der Waals surface area contributed by atoms with Gasteiger partial charge in [0, 0.05) is 31.6 Å². The highest BCUT2D eigenvalue weighted by Gasteiger charge is 2.38. The van der Waals surface area contributed by atoms with Gasteiger partial charge in [-0.3, -0.25) is 9.59 Å². The van der Waals surface area contributed by atoms with E-state index in [2.05, 4.69) is 40.0 Å². The van der Waals surface area contributed by atoms with Crippen LogP contribution in [0.4, 0.5) is 10.9 Å². The zero-order valence-corrected chi connectivity index (χ0v) is 24.1. The first-order valence-electron chi connectivity index (χ1n) is 13.6. The zero-order chi connectivity index (χ0) is 27.9. The van der Waals surface area contributed by atoms with Crippen molar-refractivity contribution in [2.24, 2.45) is 5.92 Å². The van der Waals surface area contributed by atoms with Crippen molar-refractivity contribution < 1.29 is 14.7 Å². The highest BCUT2D eigenvalue weighted by Crippen LogP contribution is 2.29. The highest BCUT2D eigenvalue weighted by molar-refractivity contribution is 7.13. The molecule has 2 aromatic rings.